The summed E-state index contributed by atoms with van der Waals surface area (Å²) in [5.74, 6) is 1.12. The highest BCUT2D eigenvalue weighted by Crippen LogP contribution is 2.60. The van der Waals surface area contributed by atoms with E-state index < -0.39 is 0 Å². The van der Waals surface area contributed by atoms with Crippen molar-refractivity contribution in [3.8, 4) is 0 Å². The monoisotopic (exact) mass is 354 g/mol. The lowest BCUT2D eigenvalue weighted by Crippen LogP contribution is -2.45. The van der Waals surface area contributed by atoms with Gasteiger partial charge in [-0.1, -0.05) is 6.42 Å². The van der Waals surface area contributed by atoms with E-state index in [2.05, 4.69) is 9.97 Å². The molecule has 2 aromatic heterocycles. The number of nitrogens with one attached hydrogen (secondary N) is 2. The number of carbonyl (C=O) groups excluding carboxylic acids is 2. The van der Waals surface area contributed by atoms with E-state index in [0.29, 0.717) is 34.8 Å². The van der Waals surface area contributed by atoms with Crippen LogP contribution < -0.4 is 0 Å². The Morgan fingerprint density at radius 1 is 0.808 bits per heavy atom. The van der Waals surface area contributed by atoms with E-state index in [-0.39, 0.29) is 24.1 Å². The van der Waals surface area contributed by atoms with Crippen molar-refractivity contribution in [3.63, 3.8) is 0 Å². The maximum atomic E-state index is 12.5. The molecule has 6 heteroatoms. The van der Waals surface area contributed by atoms with Crippen molar-refractivity contribution in [1.29, 1.82) is 0 Å². The highest BCUT2D eigenvalue weighted by atomic mass is 16.6. The summed E-state index contributed by atoms with van der Waals surface area (Å²) in [6, 6.07) is 3.41. The molecule has 2 bridgehead atoms. The lowest BCUT2D eigenvalue weighted by molar-refractivity contribution is -0.0766. The van der Waals surface area contributed by atoms with Gasteiger partial charge in [-0.15, -0.1) is 0 Å². The molecule has 2 aromatic rings. The predicted molar refractivity (Wildman–Crippen MR) is 92.4 cm³/mol. The number of rotatable bonds is 4. The second-order valence-corrected chi connectivity index (χ2v) is 7.76. The van der Waals surface area contributed by atoms with Crippen LogP contribution in [0, 0.1) is 23.7 Å². The Bertz CT molecular complexity index is 732. The van der Waals surface area contributed by atoms with E-state index in [4.69, 9.17) is 9.47 Å². The van der Waals surface area contributed by atoms with Crippen LogP contribution in [0.15, 0.2) is 36.9 Å². The molecule has 0 amide bonds. The molecule has 26 heavy (non-hydrogen) atoms. The number of aromatic amines is 2. The lowest BCUT2D eigenvalue weighted by Gasteiger charge is -2.37. The minimum atomic E-state index is -0.346. The first kappa shape index (κ1) is 15.7. The van der Waals surface area contributed by atoms with Crippen LogP contribution in [0.3, 0.4) is 0 Å². The van der Waals surface area contributed by atoms with Gasteiger partial charge in [0.2, 0.25) is 0 Å². The zero-order valence-corrected chi connectivity index (χ0v) is 14.4. The second-order valence-electron chi connectivity index (χ2n) is 7.76. The van der Waals surface area contributed by atoms with Crippen molar-refractivity contribution in [2.45, 2.75) is 37.9 Å². The van der Waals surface area contributed by atoms with E-state index in [9.17, 15) is 9.59 Å². The number of hydrogen-bond acceptors (Lipinski definition) is 4. The van der Waals surface area contributed by atoms with Crippen LogP contribution in [-0.2, 0) is 9.47 Å². The van der Waals surface area contributed by atoms with Gasteiger partial charge < -0.3 is 19.4 Å². The molecule has 0 spiro atoms. The van der Waals surface area contributed by atoms with E-state index in [0.717, 1.165) is 6.42 Å². The van der Waals surface area contributed by atoms with Gasteiger partial charge in [-0.2, -0.15) is 0 Å². The Morgan fingerprint density at radius 3 is 1.73 bits per heavy atom. The van der Waals surface area contributed by atoms with Gasteiger partial charge in [0.05, 0.1) is 11.1 Å². The molecule has 6 unspecified atom stereocenters. The van der Waals surface area contributed by atoms with Crippen molar-refractivity contribution in [1.82, 2.24) is 9.97 Å². The Labute approximate surface area is 151 Å². The normalized spacial score (nSPS) is 34.6. The van der Waals surface area contributed by atoms with Crippen LogP contribution in [0.2, 0.25) is 0 Å². The van der Waals surface area contributed by atoms with Gasteiger partial charge in [-0.3, -0.25) is 0 Å². The van der Waals surface area contributed by atoms with Crippen LogP contribution in [0.4, 0.5) is 0 Å². The van der Waals surface area contributed by atoms with Crippen LogP contribution in [0.5, 0.6) is 0 Å². The molecule has 0 radical (unpaired) electrons. The van der Waals surface area contributed by atoms with E-state index in [1.165, 1.54) is 19.3 Å². The first-order chi connectivity index (χ1) is 12.7. The van der Waals surface area contributed by atoms with E-state index in [1.807, 2.05) is 0 Å². The molecule has 6 atom stereocenters. The van der Waals surface area contributed by atoms with Crippen molar-refractivity contribution in [2.75, 3.05) is 0 Å². The fourth-order valence-corrected chi connectivity index (χ4v) is 5.58. The summed E-state index contributed by atoms with van der Waals surface area (Å²) in [6.45, 7) is 0. The van der Waals surface area contributed by atoms with Crippen LogP contribution in [0.1, 0.15) is 46.4 Å². The third-order valence-electron chi connectivity index (χ3n) is 6.59. The fraction of sp³-hybridized carbons (Fsp3) is 0.500. The van der Waals surface area contributed by atoms with Gasteiger partial charge in [0.15, 0.2) is 0 Å². The van der Waals surface area contributed by atoms with E-state index >= 15 is 0 Å². The van der Waals surface area contributed by atoms with Gasteiger partial charge in [0.25, 0.3) is 0 Å². The zero-order valence-electron chi connectivity index (χ0n) is 14.4. The summed E-state index contributed by atoms with van der Waals surface area (Å²) >= 11 is 0. The molecule has 6 nitrogen and oxygen atoms in total. The maximum Gasteiger partial charge on any atom is 0.340 e. The van der Waals surface area contributed by atoms with E-state index in [1.54, 1.807) is 36.9 Å². The number of aromatic nitrogens is 2. The SMILES string of the molecule is O=C(OC1C2CC(C3CCCC32)C1OC(=O)c1cc[nH]c1)c1cc[nH]c1. The minimum Gasteiger partial charge on any atom is -0.454 e. The molecular formula is C20H22N2O4. The Hall–Kier alpha value is -2.50. The molecule has 3 aliphatic carbocycles. The summed E-state index contributed by atoms with van der Waals surface area (Å²) in [5, 5.41) is 0. The van der Waals surface area contributed by atoms with Crippen molar-refractivity contribution >= 4 is 11.9 Å². The molecule has 0 aromatic carbocycles. The summed E-state index contributed by atoms with van der Waals surface area (Å²) < 4.78 is 11.8. The number of hydrogen-bond donors (Lipinski definition) is 2. The zero-order chi connectivity index (χ0) is 17.7. The van der Waals surface area contributed by atoms with Crippen molar-refractivity contribution < 1.29 is 19.1 Å². The number of fused-ring (bicyclic) bond motifs is 5. The summed E-state index contributed by atoms with van der Waals surface area (Å²) in [6.07, 6.45) is 10.6. The summed E-state index contributed by atoms with van der Waals surface area (Å²) in [4.78, 5) is 30.8. The first-order valence-corrected chi connectivity index (χ1v) is 9.40. The van der Waals surface area contributed by atoms with Gasteiger partial charge in [0, 0.05) is 36.6 Å². The summed E-state index contributed by atoms with van der Waals surface area (Å²) in [7, 11) is 0. The fourth-order valence-electron chi connectivity index (χ4n) is 5.58. The van der Waals surface area contributed by atoms with Crippen molar-refractivity contribution in [2.24, 2.45) is 23.7 Å². The smallest absolute Gasteiger partial charge is 0.340 e. The number of ether oxygens (including phenoxy) is 2. The number of esters is 2. The average molecular weight is 354 g/mol. The van der Waals surface area contributed by atoms with Crippen LogP contribution in [-0.4, -0.2) is 34.1 Å². The maximum absolute atomic E-state index is 12.5. The van der Waals surface area contributed by atoms with Gasteiger partial charge in [0.1, 0.15) is 12.2 Å². The Kier molecular flexibility index (Phi) is 3.65. The molecule has 3 saturated carbocycles. The lowest BCUT2D eigenvalue weighted by atomic mass is 9.78. The second kappa shape index (κ2) is 6.04. The molecule has 0 saturated heterocycles. The predicted octanol–water partition coefficient (Wildman–Crippen LogP) is 3.16. The highest BCUT2D eigenvalue weighted by molar-refractivity contribution is 5.90. The third-order valence-corrected chi connectivity index (χ3v) is 6.59. The third kappa shape index (κ3) is 2.39. The molecule has 2 heterocycles. The topological polar surface area (TPSA) is 84.2 Å². The summed E-state index contributed by atoms with van der Waals surface area (Å²) in [5.41, 5.74) is 1.01. The number of carbonyl (C=O) groups is 2. The molecular weight excluding hydrogens is 332 g/mol. The molecule has 3 aliphatic rings. The Morgan fingerprint density at radius 2 is 1.31 bits per heavy atom. The standard InChI is InChI=1S/C20H22N2O4/c23-19(11-4-6-21-9-11)25-17-15-8-16(14-3-1-2-13(14)15)18(17)26-20(24)12-5-7-22-10-12/h4-7,9-10,13-18,21-22H,1-3,8H2. The first-order valence-electron chi connectivity index (χ1n) is 9.40. The Balaban J connectivity index is 1.39. The molecule has 136 valence electrons. The number of H-pyrrole nitrogens is 2. The quantitative estimate of drug-likeness (QED) is 0.826. The van der Waals surface area contributed by atoms with Gasteiger partial charge in [-0.25, -0.2) is 9.59 Å². The minimum absolute atomic E-state index is 0.305. The van der Waals surface area contributed by atoms with Crippen molar-refractivity contribution in [3.05, 3.63) is 48.0 Å². The highest BCUT2D eigenvalue weighted by Gasteiger charge is 2.62. The average Bonchev–Trinajstić information content (AvgIpc) is 3.40. The van der Waals surface area contributed by atoms with Crippen LogP contribution in [0.25, 0.3) is 0 Å². The molecule has 3 fully saturated rings. The van der Waals surface area contributed by atoms with Crippen LogP contribution >= 0.6 is 0 Å². The van der Waals surface area contributed by atoms with Gasteiger partial charge >= 0.3 is 11.9 Å². The largest absolute Gasteiger partial charge is 0.454 e. The molecule has 0 aliphatic heterocycles. The van der Waals surface area contributed by atoms with Gasteiger partial charge in [-0.05, 0) is 43.2 Å². The molecule has 2 N–H and O–H groups in total. The molecule has 5 rings (SSSR count).